The fourth-order valence-electron chi connectivity index (χ4n) is 8.35. The highest BCUT2D eigenvalue weighted by Crippen LogP contribution is 2.62. The van der Waals surface area contributed by atoms with Crippen molar-refractivity contribution in [3.8, 4) is 16.9 Å². The standard InChI is InChI=1S/C31H31FN2O5S/c32-24-10-21(9-23(27(24)36)31-12-17-4-18(13-31)6-19(5-17)14-31)20-3-1-2-16(7-20)8-26-28(37)33-30(40-26)34-15-22(35)11-25(34)29(38)39/h1-3,7-10,17-19,22,25,35-36H,4-6,11-15H2,(H,38,39)/b26-8-/t17?,18?,19?,22-,25-,31?/m1/s1. The third kappa shape index (κ3) is 4.34. The first kappa shape index (κ1) is 25.8. The normalized spacial score (nSPS) is 33.7. The highest BCUT2D eigenvalue weighted by Gasteiger charge is 2.52. The topological polar surface area (TPSA) is 110 Å². The number of hydrogen-bond donors (Lipinski definition) is 3. The van der Waals surface area contributed by atoms with Gasteiger partial charge in [0.15, 0.2) is 16.7 Å². The van der Waals surface area contributed by atoms with Gasteiger partial charge in [0.05, 0.1) is 11.0 Å². The molecule has 2 aromatic carbocycles. The summed E-state index contributed by atoms with van der Waals surface area (Å²) in [7, 11) is 0. The zero-order valence-corrected chi connectivity index (χ0v) is 22.7. The van der Waals surface area contributed by atoms with Crippen LogP contribution in [0.4, 0.5) is 4.39 Å². The lowest BCUT2D eigenvalue weighted by atomic mass is 9.48. The molecule has 208 valence electrons. The van der Waals surface area contributed by atoms with Gasteiger partial charge in [0.1, 0.15) is 6.04 Å². The number of nitrogens with zero attached hydrogens (tertiary/aromatic N) is 2. The van der Waals surface area contributed by atoms with Crippen molar-refractivity contribution in [2.45, 2.75) is 62.5 Å². The molecule has 4 bridgehead atoms. The Morgan fingerprint density at radius 2 is 1.75 bits per heavy atom. The molecule has 1 amide bonds. The number of phenolic OH excluding ortho intramolecular Hbond substituents is 1. The van der Waals surface area contributed by atoms with E-state index in [0.29, 0.717) is 28.2 Å². The Morgan fingerprint density at radius 3 is 2.42 bits per heavy atom. The number of likely N-dealkylation sites (tertiary alicyclic amines) is 1. The number of aliphatic carboxylic acids is 1. The SMILES string of the molecule is O=C1N=C(N2C[C@H](O)C[C@@H]2C(=O)O)S/C1=C\c1cccc(-c2cc(F)c(O)c(C34CC5CC(CC(C5)C3)C4)c2)c1. The number of halogens is 1. The fourth-order valence-corrected chi connectivity index (χ4v) is 9.32. The van der Waals surface area contributed by atoms with E-state index in [2.05, 4.69) is 4.99 Å². The number of hydrogen-bond acceptors (Lipinski definition) is 6. The number of aromatic hydroxyl groups is 1. The first-order valence-corrected chi connectivity index (χ1v) is 14.8. The van der Waals surface area contributed by atoms with Crippen LogP contribution in [-0.4, -0.2) is 56.0 Å². The lowest BCUT2D eigenvalue weighted by molar-refractivity contribution is -0.141. The van der Waals surface area contributed by atoms with Gasteiger partial charge >= 0.3 is 5.97 Å². The molecule has 0 spiro atoms. The molecule has 2 atom stereocenters. The predicted octanol–water partition coefficient (Wildman–Crippen LogP) is 5.16. The van der Waals surface area contributed by atoms with Crippen LogP contribution < -0.4 is 0 Å². The van der Waals surface area contributed by atoms with Crippen molar-refractivity contribution in [2.75, 3.05) is 6.54 Å². The number of aliphatic hydroxyl groups is 1. The van der Waals surface area contributed by atoms with Crippen LogP contribution in [0.3, 0.4) is 0 Å². The van der Waals surface area contributed by atoms with Gasteiger partial charge in [0, 0.05) is 18.5 Å². The number of rotatable bonds is 4. The minimum atomic E-state index is -1.06. The van der Waals surface area contributed by atoms with Gasteiger partial charge in [0.25, 0.3) is 5.91 Å². The van der Waals surface area contributed by atoms with Crippen LogP contribution in [-0.2, 0) is 15.0 Å². The summed E-state index contributed by atoms with van der Waals surface area (Å²) in [5.74, 6) is -0.357. The number of aliphatic hydroxyl groups excluding tert-OH is 1. The molecule has 0 unspecified atom stereocenters. The first-order valence-electron chi connectivity index (χ1n) is 14.0. The number of β-amino-alcohol motifs (C(OH)–C–C–N with tert-alkyl or cyclic N) is 1. The number of carboxylic acid groups (broad SMARTS) is 1. The summed E-state index contributed by atoms with van der Waals surface area (Å²) in [5, 5.41) is 30.7. The number of amidine groups is 1. The second kappa shape index (κ2) is 9.45. The van der Waals surface area contributed by atoms with Gasteiger partial charge in [-0.3, -0.25) is 4.79 Å². The molecule has 0 aromatic heterocycles. The summed E-state index contributed by atoms with van der Waals surface area (Å²) >= 11 is 1.09. The van der Waals surface area contributed by atoms with Crippen molar-refractivity contribution in [3.05, 3.63) is 58.2 Å². The Balaban J connectivity index is 1.17. The number of carbonyl (C=O) groups excluding carboxylic acids is 1. The highest BCUT2D eigenvalue weighted by molar-refractivity contribution is 8.18. The van der Waals surface area contributed by atoms with E-state index in [9.17, 15) is 24.9 Å². The summed E-state index contributed by atoms with van der Waals surface area (Å²) in [6.45, 7) is 0.108. The average molecular weight is 563 g/mol. The van der Waals surface area contributed by atoms with E-state index in [1.54, 1.807) is 6.08 Å². The zero-order valence-electron chi connectivity index (χ0n) is 21.9. The lowest BCUT2D eigenvalue weighted by Gasteiger charge is -2.57. The van der Waals surface area contributed by atoms with E-state index in [1.165, 1.54) is 30.2 Å². The number of amides is 1. The molecule has 4 saturated carbocycles. The minimum absolute atomic E-state index is 0.0820. The highest BCUT2D eigenvalue weighted by atomic mass is 32.2. The van der Waals surface area contributed by atoms with Crippen LogP contribution in [0.2, 0.25) is 0 Å². The molecule has 6 aliphatic rings. The molecule has 40 heavy (non-hydrogen) atoms. The molecular weight excluding hydrogens is 531 g/mol. The van der Waals surface area contributed by atoms with Crippen molar-refractivity contribution in [3.63, 3.8) is 0 Å². The van der Waals surface area contributed by atoms with Crippen molar-refractivity contribution in [1.29, 1.82) is 0 Å². The Labute approximate surface area is 235 Å². The van der Waals surface area contributed by atoms with Gasteiger partial charge < -0.3 is 20.2 Å². The molecule has 2 aromatic rings. The Kier molecular flexibility index (Phi) is 6.09. The van der Waals surface area contributed by atoms with E-state index in [0.717, 1.165) is 47.7 Å². The number of thioether (sulfide) groups is 1. The Bertz CT molecular complexity index is 1450. The second-order valence-electron chi connectivity index (χ2n) is 12.4. The maximum absolute atomic E-state index is 15.2. The van der Waals surface area contributed by atoms with Gasteiger partial charge in [-0.05, 0) is 114 Å². The van der Waals surface area contributed by atoms with Crippen molar-refractivity contribution < 1.29 is 29.3 Å². The minimum Gasteiger partial charge on any atom is -0.505 e. The van der Waals surface area contributed by atoms with Gasteiger partial charge in [-0.2, -0.15) is 4.99 Å². The molecule has 7 nitrogen and oxygen atoms in total. The zero-order chi connectivity index (χ0) is 27.8. The van der Waals surface area contributed by atoms with Crippen LogP contribution in [0.15, 0.2) is 46.3 Å². The monoisotopic (exact) mass is 562 g/mol. The summed E-state index contributed by atoms with van der Waals surface area (Å²) in [5.41, 5.74) is 2.78. The van der Waals surface area contributed by atoms with Crippen molar-refractivity contribution in [2.24, 2.45) is 22.7 Å². The third-order valence-electron chi connectivity index (χ3n) is 9.61. The maximum atomic E-state index is 15.2. The maximum Gasteiger partial charge on any atom is 0.326 e. The molecule has 4 aliphatic carbocycles. The quantitative estimate of drug-likeness (QED) is 0.442. The largest absolute Gasteiger partial charge is 0.505 e. The molecule has 2 aliphatic heterocycles. The number of carboxylic acids is 1. The lowest BCUT2D eigenvalue weighted by Crippen LogP contribution is -2.48. The van der Waals surface area contributed by atoms with Gasteiger partial charge in [-0.15, -0.1) is 0 Å². The first-order chi connectivity index (χ1) is 19.2. The van der Waals surface area contributed by atoms with Crippen molar-refractivity contribution in [1.82, 2.24) is 4.90 Å². The number of carbonyl (C=O) groups is 2. The molecule has 8 rings (SSSR count). The van der Waals surface area contributed by atoms with Gasteiger partial charge in [0.2, 0.25) is 0 Å². The van der Waals surface area contributed by atoms with Crippen LogP contribution in [0.1, 0.15) is 56.1 Å². The van der Waals surface area contributed by atoms with Crippen LogP contribution in [0.25, 0.3) is 17.2 Å². The molecule has 0 radical (unpaired) electrons. The number of aliphatic imine (C=N–C) groups is 1. The van der Waals surface area contributed by atoms with Crippen LogP contribution >= 0.6 is 11.8 Å². The number of benzene rings is 2. The van der Waals surface area contributed by atoms with Crippen LogP contribution in [0, 0.1) is 23.6 Å². The van der Waals surface area contributed by atoms with E-state index in [1.807, 2.05) is 30.3 Å². The van der Waals surface area contributed by atoms with E-state index >= 15 is 4.39 Å². The molecule has 3 N–H and O–H groups in total. The van der Waals surface area contributed by atoms with E-state index in [4.69, 9.17) is 0 Å². The average Bonchev–Trinajstić information content (AvgIpc) is 3.47. The molecule has 2 heterocycles. The van der Waals surface area contributed by atoms with E-state index < -0.39 is 29.8 Å². The van der Waals surface area contributed by atoms with Crippen LogP contribution in [0.5, 0.6) is 5.75 Å². The summed E-state index contributed by atoms with van der Waals surface area (Å²) in [6.07, 6.45) is 7.81. The van der Waals surface area contributed by atoms with E-state index in [-0.39, 0.29) is 29.3 Å². The van der Waals surface area contributed by atoms with Crippen molar-refractivity contribution >= 4 is 34.9 Å². The fraction of sp³-hybridized carbons (Fsp3) is 0.452. The smallest absolute Gasteiger partial charge is 0.326 e. The summed E-state index contributed by atoms with van der Waals surface area (Å²) in [4.78, 5) is 30.2. The number of phenols is 1. The van der Waals surface area contributed by atoms with Gasteiger partial charge in [-0.1, -0.05) is 18.2 Å². The molecular formula is C31H31FN2O5S. The summed E-state index contributed by atoms with van der Waals surface area (Å²) < 4.78 is 15.2. The second-order valence-corrected chi connectivity index (χ2v) is 13.4. The summed E-state index contributed by atoms with van der Waals surface area (Å²) in [6, 6.07) is 9.90. The predicted molar refractivity (Wildman–Crippen MR) is 150 cm³/mol. The Hall–Kier alpha value is -3.17. The molecule has 9 heteroatoms. The Morgan fingerprint density at radius 1 is 1.05 bits per heavy atom. The van der Waals surface area contributed by atoms with Gasteiger partial charge in [-0.25, -0.2) is 9.18 Å². The molecule has 1 saturated heterocycles. The molecule has 5 fully saturated rings. The third-order valence-corrected chi connectivity index (χ3v) is 10.6.